The van der Waals surface area contributed by atoms with E-state index in [4.69, 9.17) is 14.2 Å². The summed E-state index contributed by atoms with van der Waals surface area (Å²) in [7, 11) is 0. The third-order valence-electron chi connectivity index (χ3n) is 4.15. The van der Waals surface area contributed by atoms with Crippen LogP contribution in [0.2, 0.25) is 0 Å². The van der Waals surface area contributed by atoms with E-state index in [1.165, 1.54) is 11.0 Å². The number of nitrogens with zero attached hydrogens (tertiary/aromatic N) is 1. The number of rotatable bonds is 10. The van der Waals surface area contributed by atoms with E-state index in [-0.39, 0.29) is 42.8 Å². The highest BCUT2D eigenvalue weighted by atomic mass is 19.1. The zero-order valence-electron chi connectivity index (χ0n) is 16.9. The summed E-state index contributed by atoms with van der Waals surface area (Å²) in [6.45, 7) is 5.93. The number of benzene rings is 2. The Morgan fingerprint density at radius 2 is 1.66 bits per heavy atom. The second-order valence-corrected chi connectivity index (χ2v) is 6.13. The molecule has 0 saturated carbocycles. The fraction of sp³-hybridized carbons (Fsp3) is 0.364. The Hall–Kier alpha value is -3.09. The maximum Gasteiger partial charge on any atom is 0.311 e. The third-order valence-corrected chi connectivity index (χ3v) is 4.15. The summed E-state index contributed by atoms with van der Waals surface area (Å²) < 4.78 is 30.4. The van der Waals surface area contributed by atoms with Crippen LogP contribution in [-0.4, -0.2) is 36.5 Å². The lowest BCUT2D eigenvalue weighted by Crippen LogP contribution is -2.34. The number of hydrogen-bond acceptors (Lipinski definition) is 5. The highest BCUT2D eigenvalue weighted by molar-refractivity contribution is 5.78. The van der Waals surface area contributed by atoms with Gasteiger partial charge in [0.25, 0.3) is 5.91 Å². The smallest absolute Gasteiger partial charge is 0.311 e. The second-order valence-electron chi connectivity index (χ2n) is 6.13. The molecule has 0 aliphatic heterocycles. The van der Waals surface area contributed by atoms with Gasteiger partial charge in [-0.15, -0.1) is 0 Å². The molecule has 0 saturated heterocycles. The molecule has 0 heterocycles. The molecule has 7 heteroatoms. The van der Waals surface area contributed by atoms with Crippen LogP contribution in [0.4, 0.5) is 4.39 Å². The molecule has 0 aromatic heterocycles. The Bertz CT molecular complexity index is 840. The van der Waals surface area contributed by atoms with Gasteiger partial charge in [-0.1, -0.05) is 31.2 Å². The topological polar surface area (TPSA) is 65.1 Å². The first-order valence-corrected chi connectivity index (χ1v) is 9.60. The molecule has 0 aliphatic rings. The van der Waals surface area contributed by atoms with E-state index in [2.05, 4.69) is 0 Å². The molecule has 1 amide bonds. The van der Waals surface area contributed by atoms with Gasteiger partial charge in [-0.25, -0.2) is 4.39 Å². The SMILES string of the molecule is CCOc1cccc(OCC(=O)N(CC)Cc2ccccc2F)c1OC(=O)CC. The van der Waals surface area contributed by atoms with Crippen LogP contribution in [0, 0.1) is 5.82 Å². The molecule has 2 rings (SSSR count). The number of ether oxygens (including phenoxy) is 3. The van der Waals surface area contributed by atoms with Crippen molar-refractivity contribution in [2.75, 3.05) is 19.8 Å². The largest absolute Gasteiger partial charge is 0.490 e. The quantitative estimate of drug-likeness (QED) is 0.444. The molecule has 0 radical (unpaired) electrons. The van der Waals surface area contributed by atoms with Crippen LogP contribution in [-0.2, 0) is 16.1 Å². The minimum absolute atomic E-state index is 0.141. The zero-order valence-corrected chi connectivity index (χ0v) is 16.9. The van der Waals surface area contributed by atoms with Crippen molar-refractivity contribution in [2.24, 2.45) is 0 Å². The van der Waals surface area contributed by atoms with Gasteiger partial charge in [0, 0.05) is 25.1 Å². The number of halogens is 1. The number of hydrogen-bond donors (Lipinski definition) is 0. The number of likely N-dealkylation sites (N-methyl/N-ethyl adjacent to an activating group) is 1. The fourth-order valence-electron chi connectivity index (χ4n) is 2.60. The average Bonchev–Trinajstić information content (AvgIpc) is 2.73. The van der Waals surface area contributed by atoms with Crippen LogP contribution in [0.15, 0.2) is 42.5 Å². The Balaban J connectivity index is 2.12. The molecule has 0 N–H and O–H groups in total. The Kier molecular flexibility index (Phi) is 8.45. The lowest BCUT2D eigenvalue weighted by molar-refractivity contribution is -0.134. The summed E-state index contributed by atoms with van der Waals surface area (Å²) >= 11 is 0. The van der Waals surface area contributed by atoms with Crippen LogP contribution in [0.3, 0.4) is 0 Å². The summed E-state index contributed by atoms with van der Waals surface area (Å²) in [5.74, 6) is -0.386. The Morgan fingerprint density at radius 1 is 0.966 bits per heavy atom. The number of carbonyl (C=O) groups excluding carboxylic acids is 2. The summed E-state index contributed by atoms with van der Waals surface area (Å²) in [6, 6.07) is 11.3. The molecular formula is C22H26FNO5. The van der Waals surface area contributed by atoms with E-state index in [1.807, 2.05) is 13.8 Å². The molecule has 0 spiro atoms. The summed E-state index contributed by atoms with van der Waals surface area (Å²) in [5, 5.41) is 0. The molecule has 0 bridgehead atoms. The zero-order chi connectivity index (χ0) is 21.2. The van der Waals surface area contributed by atoms with E-state index in [0.29, 0.717) is 24.5 Å². The normalized spacial score (nSPS) is 10.3. The van der Waals surface area contributed by atoms with Gasteiger partial charge in [0.05, 0.1) is 6.61 Å². The number of amides is 1. The lowest BCUT2D eigenvalue weighted by Gasteiger charge is -2.22. The molecule has 6 nitrogen and oxygen atoms in total. The van der Waals surface area contributed by atoms with Crippen molar-refractivity contribution in [1.82, 2.24) is 4.90 Å². The van der Waals surface area contributed by atoms with Crippen molar-refractivity contribution >= 4 is 11.9 Å². The highest BCUT2D eigenvalue weighted by Crippen LogP contribution is 2.37. The molecule has 156 valence electrons. The maximum absolute atomic E-state index is 13.9. The van der Waals surface area contributed by atoms with Crippen molar-refractivity contribution < 1.29 is 28.2 Å². The van der Waals surface area contributed by atoms with Crippen LogP contribution in [0.5, 0.6) is 17.2 Å². The van der Waals surface area contributed by atoms with Gasteiger partial charge in [0.1, 0.15) is 5.82 Å². The van der Waals surface area contributed by atoms with E-state index in [9.17, 15) is 14.0 Å². The second kappa shape index (κ2) is 11.0. The van der Waals surface area contributed by atoms with E-state index in [0.717, 1.165) is 0 Å². The number of para-hydroxylation sites is 1. The van der Waals surface area contributed by atoms with Gasteiger partial charge >= 0.3 is 5.97 Å². The predicted octanol–water partition coefficient (Wildman–Crippen LogP) is 3.97. The minimum atomic E-state index is -0.442. The standard InChI is InChI=1S/C22H26FNO5/c1-4-21(26)29-22-18(27-6-3)12-9-13-19(22)28-15-20(25)24(5-2)14-16-10-7-8-11-17(16)23/h7-13H,4-6,14-15H2,1-3H3. The van der Waals surface area contributed by atoms with Crippen molar-refractivity contribution in [2.45, 2.75) is 33.7 Å². The Labute approximate surface area is 170 Å². The first-order chi connectivity index (χ1) is 14.0. The van der Waals surface area contributed by atoms with Crippen LogP contribution in [0.25, 0.3) is 0 Å². The molecule has 0 atom stereocenters. The van der Waals surface area contributed by atoms with Gasteiger partial charge < -0.3 is 19.1 Å². The van der Waals surface area contributed by atoms with Crippen LogP contribution in [0.1, 0.15) is 32.8 Å². The van der Waals surface area contributed by atoms with Gasteiger partial charge in [-0.2, -0.15) is 0 Å². The number of carbonyl (C=O) groups is 2. The summed E-state index contributed by atoms with van der Waals surface area (Å²) in [5.41, 5.74) is 0.429. The van der Waals surface area contributed by atoms with E-state index in [1.54, 1.807) is 43.3 Å². The van der Waals surface area contributed by atoms with Crippen LogP contribution < -0.4 is 14.2 Å². The monoisotopic (exact) mass is 403 g/mol. The average molecular weight is 403 g/mol. The first kappa shape index (κ1) is 22.2. The van der Waals surface area contributed by atoms with E-state index >= 15 is 0 Å². The maximum atomic E-state index is 13.9. The van der Waals surface area contributed by atoms with E-state index < -0.39 is 5.97 Å². The van der Waals surface area contributed by atoms with Crippen molar-refractivity contribution in [3.8, 4) is 17.2 Å². The summed E-state index contributed by atoms with van der Waals surface area (Å²) in [6.07, 6.45) is 0.186. The molecule has 0 unspecified atom stereocenters. The first-order valence-electron chi connectivity index (χ1n) is 9.60. The van der Waals surface area contributed by atoms with Gasteiger partial charge in [0.15, 0.2) is 18.1 Å². The van der Waals surface area contributed by atoms with Crippen molar-refractivity contribution in [1.29, 1.82) is 0 Å². The molecule has 0 fully saturated rings. The summed E-state index contributed by atoms with van der Waals surface area (Å²) in [4.78, 5) is 25.9. The predicted molar refractivity (Wildman–Crippen MR) is 107 cm³/mol. The third kappa shape index (κ3) is 6.20. The molecule has 0 aliphatic carbocycles. The van der Waals surface area contributed by atoms with Crippen molar-refractivity contribution in [3.05, 3.63) is 53.8 Å². The highest BCUT2D eigenvalue weighted by Gasteiger charge is 2.19. The molecule has 2 aromatic rings. The Morgan fingerprint density at radius 3 is 2.28 bits per heavy atom. The van der Waals surface area contributed by atoms with Crippen LogP contribution >= 0.6 is 0 Å². The van der Waals surface area contributed by atoms with Crippen molar-refractivity contribution in [3.63, 3.8) is 0 Å². The van der Waals surface area contributed by atoms with Gasteiger partial charge in [-0.3, -0.25) is 9.59 Å². The number of esters is 1. The molecule has 29 heavy (non-hydrogen) atoms. The lowest BCUT2D eigenvalue weighted by atomic mass is 10.2. The van der Waals surface area contributed by atoms with Gasteiger partial charge in [-0.05, 0) is 32.0 Å². The minimum Gasteiger partial charge on any atom is -0.490 e. The van der Waals surface area contributed by atoms with Gasteiger partial charge in [0.2, 0.25) is 5.75 Å². The molecular weight excluding hydrogens is 377 g/mol. The fourth-order valence-corrected chi connectivity index (χ4v) is 2.60. The molecule has 2 aromatic carbocycles.